The van der Waals surface area contributed by atoms with Crippen molar-refractivity contribution < 1.29 is 0 Å². The van der Waals surface area contributed by atoms with Crippen LogP contribution in [-0.4, -0.2) is 4.98 Å². The number of rotatable bonds is 4. The first-order valence-electron chi connectivity index (χ1n) is 5.75. The maximum Gasteiger partial charge on any atom is 0.110 e. The van der Waals surface area contributed by atoms with Crippen LogP contribution in [0.3, 0.4) is 0 Å². The van der Waals surface area contributed by atoms with Crippen LogP contribution in [0, 0.1) is 6.92 Å². The first-order chi connectivity index (χ1) is 8.56. The van der Waals surface area contributed by atoms with Gasteiger partial charge in [-0.2, -0.15) is 0 Å². The molecule has 1 aromatic carbocycles. The van der Waals surface area contributed by atoms with E-state index in [2.05, 4.69) is 38.5 Å². The van der Waals surface area contributed by atoms with Gasteiger partial charge in [0.1, 0.15) is 5.01 Å². The van der Waals surface area contributed by atoms with E-state index in [-0.39, 0.29) is 6.04 Å². The SMILES string of the molecule is Cc1csc(C(C)NCc2ccc(Br)cc2N)n1. The number of benzene rings is 1. The average Bonchev–Trinajstić information content (AvgIpc) is 2.74. The summed E-state index contributed by atoms with van der Waals surface area (Å²) >= 11 is 5.09. The van der Waals surface area contributed by atoms with Gasteiger partial charge in [-0.1, -0.05) is 22.0 Å². The van der Waals surface area contributed by atoms with Crippen molar-refractivity contribution in [3.05, 3.63) is 44.3 Å². The monoisotopic (exact) mass is 325 g/mol. The highest BCUT2D eigenvalue weighted by Crippen LogP contribution is 2.21. The maximum absolute atomic E-state index is 5.97. The summed E-state index contributed by atoms with van der Waals surface area (Å²) in [6.07, 6.45) is 0. The Bertz CT molecular complexity index is 539. The zero-order valence-corrected chi connectivity index (χ0v) is 12.8. The van der Waals surface area contributed by atoms with Crippen molar-refractivity contribution in [2.24, 2.45) is 0 Å². The average molecular weight is 326 g/mol. The van der Waals surface area contributed by atoms with Gasteiger partial charge in [0.2, 0.25) is 0 Å². The number of nitrogen functional groups attached to an aromatic ring is 1. The molecule has 0 aliphatic rings. The number of aromatic nitrogens is 1. The number of nitrogens with one attached hydrogen (secondary N) is 1. The molecule has 5 heteroatoms. The number of nitrogens with two attached hydrogens (primary N) is 1. The summed E-state index contributed by atoms with van der Waals surface area (Å²) in [7, 11) is 0. The normalized spacial score (nSPS) is 12.6. The number of hydrogen-bond acceptors (Lipinski definition) is 4. The van der Waals surface area contributed by atoms with Crippen LogP contribution < -0.4 is 11.1 Å². The van der Waals surface area contributed by atoms with Gasteiger partial charge in [-0.15, -0.1) is 11.3 Å². The van der Waals surface area contributed by atoms with Gasteiger partial charge in [-0.25, -0.2) is 4.98 Å². The third-order valence-corrected chi connectivity index (χ3v) is 4.35. The molecule has 3 N–H and O–H groups in total. The fourth-order valence-corrected chi connectivity index (χ4v) is 2.86. The highest BCUT2D eigenvalue weighted by molar-refractivity contribution is 9.10. The summed E-state index contributed by atoms with van der Waals surface area (Å²) in [4.78, 5) is 4.48. The predicted molar refractivity (Wildman–Crippen MR) is 80.7 cm³/mol. The molecule has 1 atom stereocenters. The van der Waals surface area contributed by atoms with Crippen molar-refractivity contribution in [2.75, 3.05) is 5.73 Å². The largest absolute Gasteiger partial charge is 0.398 e. The second-order valence-electron chi connectivity index (χ2n) is 4.27. The van der Waals surface area contributed by atoms with Crippen LogP contribution in [0.2, 0.25) is 0 Å². The molecular formula is C13H16BrN3S. The smallest absolute Gasteiger partial charge is 0.110 e. The lowest BCUT2D eigenvalue weighted by Crippen LogP contribution is -2.18. The fourth-order valence-electron chi connectivity index (χ4n) is 1.65. The summed E-state index contributed by atoms with van der Waals surface area (Å²) in [5, 5.41) is 6.63. The number of anilines is 1. The quantitative estimate of drug-likeness (QED) is 0.843. The zero-order chi connectivity index (χ0) is 13.1. The van der Waals surface area contributed by atoms with E-state index in [1.165, 1.54) is 0 Å². The van der Waals surface area contributed by atoms with Crippen LogP contribution >= 0.6 is 27.3 Å². The molecular weight excluding hydrogens is 310 g/mol. The van der Waals surface area contributed by atoms with Crippen molar-refractivity contribution in [1.82, 2.24) is 10.3 Å². The van der Waals surface area contributed by atoms with Crippen LogP contribution in [-0.2, 0) is 6.54 Å². The van der Waals surface area contributed by atoms with Crippen molar-refractivity contribution in [1.29, 1.82) is 0 Å². The van der Waals surface area contributed by atoms with E-state index < -0.39 is 0 Å². The summed E-state index contributed by atoms with van der Waals surface area (Å²) in [5.74, 6) is 0. The molecule has 0 radical (unpaired) electrons. The van der Waals surface area contributed by atoms with Gasteiger partial charge in [0.05, 0.1) is 6.04 Å². The van der Waals surface area contributed by atoms with E-state index in [1.54, 1.807) is 11.3 Å². The summed E-state index contributed by atoms with van der Waals surface area (Å²) in [6, 6.07) is 6.21. The minimum absolute atomic E-state index is 0.242. The fraction of sp³-hybridized carbons (Fsp3) is 0.308. The molecule has 1 aromatic heterocycles. The third kappa shape index (κ3) is 3.31. The van der Waals surface area contributed by atoms with Crippen LogP contribution in [0.1, 0.15) is 29.2 Å². The van der Waals surface area contributed by atoms with E-state index >= 15 is 0 Å². The topological polar surface area (TPSA) is 50.9 Å². The Morgan fingerprint density at radius 2 is 2.28 bits per heavy atom. The Morgan fingerprint density at radius 3 is 2.89 bits per heavy atom. The molecule has 0 saturated carbocycles. The van der Waals surface area contributed by atoms with Gasteiger partial charge in [-0.3, -0.25) is 0 Å². The van der Waals surface area contributed by atoms with E-state index in [9.17, 15) is 0 Å². The molecule has 2 aromatic rings. The number of halogens is 1. The first-order valence-corrected chi connectivity index (χ1v) is 7.43. The second kappa shape index (κ2) is 5.82. The standard InChI is InChI=1S/C13H16BrN3S/c1-8-7-18-13(17-8)9(2)16-6-10-3-4-11(14)5-12(10)15/h3-5,7,9,16H,6,15H2,1-2H3. The molecule has 0 spiro atoms. The minimum Gasteiger partial charge on any atom is -0.398 e. The predicted octanol–water partition coefficient (Wildman–Crippen LogP) is 3.65. The molecule has 0 aliphatic heterocycles. The number of aryl methyl sites for hydroxylation is 1. The Kier molecular flexibility index (Phi) is 4.37. The highest BCUT2D eigenvalue weighted by atomic mass is 79.9. The van der Waals surface area contributed by atoms with Gasteiger partial charge in [0.15, 0.2) is 0 Å². The van der Waals surface area contributed by atoms with Crippen molar-refractivity contribution >= 4 is 33.0 Å². The van der Waals surface area contributed by atoms with Gasteiger partial charge in [0.25, 0.3) is 0 Å². The number of nitrogens with zero attached hydrogens (tertiary/aromatic N) is 1. The third-order valence-electron chi connectivity index (χ3n) is 2.71. The number of hydrogen-bond donors (Lipinski definition) is 2. The van der Waals surface area contributed by atoms with E-state index in [0.29, 0.717) is 0 Å². The molecule has 0 saturated heterocycles. The Morgan fingerprint density at radius 1 is 1.50 bits per heavy atom. The molecule has 0 bridgehead atoms. The van der Waals surface area contributed by atoms with Crippen molar-refractivity contribution in [3.8, 4) is 0 Å². The lowest BCUT2D eigenvalue weighted by molar-refractivity contribution is 0.572. The van der Waals surface area contributed by atoms with E-state index in [0.717, 1.165) is 33.0 Å². The van der Waals surface area contributed by atoms with Crippen molar-refractivity contribution in [2.45, 2.75) is 26.4 Å². The van der Waals surface area contributed by atoms with E-state index in [1.807, 2.05) is 25.1 Å². The summed E-state index contributed by atoms with van der Waals surface area (Å²) in [6.45, 7) is 4.88. The molecule has 2 rings (SSSR count). The van der Waals surface area contributed by atoms with Gasteiger partial charge in [0, 0.05) is 27.8 Å². The van der Waals surface area contributed by atoms with Crippen LogP contribution in [0.25, 0.3) is 0 Å². The van der Waals surface area contributed by atoms with Gasteiger partial charge >= 0.3 is 0 Å². The minimum atomic E-state index is 0.242. The zero-order valence-electron chi connectivity index (χ0n) is 10.4. The molecule has 1 unspecified atom stereocenters. The number of thiazole rings is 1. The van der Waals surface area contributed by atoms with Crippen LogP contribution in [0.4, 0.5) is 5.69 Å². The lowest BCUT2D eigenvalue weighted by atomic mass is 10.2. The van der Waals surface area contributed by atoms with Crippen LogP contribution in [0.15, 0.2) is 28.1 Å². The molecule has 0 fully saturated rings. The summed E-state index contributed by atoms with van der Waals surface area (Å²) in [5.41, 5.74) is 8.96. The molecule has 1 heterocycles. The first kappa shape index (κ1) is 13.5. The van der Waals surface area contributed by atoms with Crippen molar-refractivity contribution in [3.63, 3.8) is 0 Å². The molecule has 0 amide bonds. The summed E-state index contributed by atoms with van der Waals surface area (Å²) < 4.78 is 1.01. The Balaban J connectivity index is 1.99. The highest BCUT2D eigenvalue weighted by Gasteiger charge is 2.09. The molecule has 18 heavy (non-hydrogen) atoms. The molecule has 0 aliphatic carbocycles. The second-order valence-corrected chi connectivity index (χ2v) is 6.08. The van der Waals surface area contributed by atoms with Gasteiger partial charge < -0.3 is 11.1 Å². The van der Waals surface area contributed by atoms with E-state index in [4.69, 9.17) is 5.73 Å². The Hall–Kier alpha value is -0.910. The van der Waals surface area contributed by atoms with Crippen LogP contribution in [0.5, 0.6) is 0 Å². The van der Waals surface area contributed by atoms with Gasteiger partial charge in [-0.05, 0) is 31.5 Å². The molecule has 3 nitrogen and oxygen atoms in total. The lowest BCUT2D eigenvalue weighted by Gasteiger charge is -2.12. The Labute approximate surface area is 120 Å². The maximum atomic E-state index is 5.97. The molecule has 96 valence electrons.